The van der Waals surface area contributed by atoms with Crippen molar-refractivity contribution < 1.29 is 9.84 Å². The second-order valence-corrected chi connectivity index (χ2v) is 5.36. The van der Waals surface area contributed by atoms with Crippen molar-refractivity contribution in [1.29, 1.82) is 0 Å². The summed E-state index contributed by atoms with van der Waals surface area (Å²) in [5.74, 6) is 0.805. The van der Waals surface area contributed by atoms with Gasteiger partial charge < -0.3 is 15.2 Å². The van der Waals surface area contributed by atoms with Crippen LogP contribution in [0.4, 0.5) is 0 Å². The van der Waals surface area contributed by atoms with Gasteiger partial charge in [-0.1, -0.05) is 25.1 Å². The number of aliphatic hydroxyl groups is 1. The molecule has 20 heavy (non-hydrogen) atoms. The summed E-state index contributed by atoms with van der Waals surface area (Å²) in [6, 6.07) is 10.2. The zero-order valence-corrected chi connectivity index (χ0v) is 12.3. The van der Waals surface area contributed by atoms with Crippen LogP contribution < -0.4 is 10.1 Å². The van der Waals surface area contributed by atoms with Gasteiger partial charge >= 0.3 is 0 Å². The molecule has 1 aromatic rings. The van der Waals surface area contributed by atoms with Gasteiger partial charge in [-0.25, -0.2) is 0 Å². The van der Waals surface area contributed by atoms with E-state index in [9.17, 15) is 5.11 Å². The van der Waals surface area contributed by atoms with E-state index in [2.05, 4.69) is 17.1 Å². The number of likely N-dealkylation sites (tertiary alicyclic amines) is 1. The lowest BCUT2D eigenvalue weighted by molar-refractivity contribution is 0.104. The van der Waals surface area contributed by atoms with E-state index in [4.69, 9.17) is 4.74 Å². The fourth-order valence-electron chi connectivity index (χ4n) is 2.73. The largest absolute Gasteiger partial charge is 0.491 e. The van der Waals surface area contributed by atoms with E-state index < -0.39 is 6.10 Å². The Labute approximate surface area is 121 Å². The third kappa shape index (κ3) is 4.78. The molecule has 1 aliphatic rings. The maximum Gasteiger partial charge on any atom is 0.119 e. The molecule has 0 spiro atoms. The molecule has 1 aromatic carbocycles. The molecule has 1 fully saturated rings. The van der Waals surface area contributed by atoms with Gasteiger partial charge in [0.1, 0.15) is 18.5 Å². The van der Waals surface area contributed by atoms with Gasteiger partial charge in [-0.15, -0.1) is 0 Å². The number of rotatable bonds is 8. The second kappa shape index (κ2) is 8.25. The summed E-state index contributed by atoms with van der Waals surface area (Å²) in [6.45, 7) is 6.41. The van der Waals surface area contributed by atoms with Gasteiger partial charge in [0.15, 0.2) is 0 Å². The lowest BCUT2D eigenvalue weighted by atomic mass is 10.2. The molecule has 0 amide bonds. The SMILES string of the molecule is CCN1CCCC1CNCC(O)COc1ccccc1. The highest BCUT2D eigenvalue weighted by Crippen LogP contribution is 2.15. The predicted octanol–water partition coefficient (Wildman–Crippen LogP) is 1.50. The fourth-order valence-corrected chi connectivity index (χ4v) is 2.73. The molecular formula is C16H26N2O2. The van der Waals surface area contributed by atoms with Gasteiger partial charge in [0.25, 0.3) is 0 Å². The van der Waals surface area contributed by atoms with Crippen molar-refractivity contribution in [3.05, 3.63) is 30.3 Å². The minimum absolute atomic E-state index is 0.333. The summed E-state index contributed by atoms with van der Waals surface area (Å²) in [5, 5.41) is 13.3. The summed E-state index contributed by atoms with van der Waals surface area (Å²) >= 11 is 0. The first-order valence-corrected chi connectivity index (χ1v) is 7.60. The highest BCUT2D eigenvalue weighted by molar-refractivity contribution is 5.20. The van der Waals surface area contributed by atoms with Crippen LogP contribution in [0.1, 0.15) is 19.8 Å². The molecule has 4 heteroatoms. The first kappa shape index (κ1) is 15.3. The zero-order chi connectivity index (χ0) is 14.2. The van der Waals surface area contributed by atoms with Crippen LogP contribution in [0.25, 0.3) is 0 Å². The van der Waals surface area contributed by atoms with E-state index >= 15 is 0 Å². The Morgan fingerprint density at radius 2 is 2.20 bits per heavy atom. The van der Waals surface area contributed by atoms with Gasteiger partial charge in [-0.05, 0) is 38.1 Å². The number of aliphatic hydroxyl groups excluding tert-OH is 1. The van der Waals surface area contributed by atoms with E-state index in [0.717, 1.165) is 18.8 Å². The Hall–Kier alpha value is -1.10. The van der Waals surface area contributed by atoms with E-state index in [-0.39, 0.29) is 0 Å². The first-order valence-electron chi connectivity index (χ1n) is 7.60. The predicted molar refractivity (Wildman–Crippen MR) is 81.1 cm³/mol. The Morgan fingerprint density at radius 3 is 2.95 bits per heavy atom. The molecule has 4 nitrogen and oxygen atoms in total. The van der Waals surface area contributed by atoms with Crippen molar-refractivity contribution in [2.24, 2.45) is 0 Å². The number of likely N-dealkylation sites (N-methyl/N-ethyl adjacent to an activating group) is 1. The highest BCUT2D eigenvalue weighted by Gasteiger charge is 2.22. The molecule has 0 bridgehead atoms. The highest BCUT2D eigenvalue weighted by atomic mass is 16.5. The second-order valence-electron chi connectivity index (χ2n) is 5.36. The third-order valence-corrected chi connectivity index (χ3v) is 3.85. The summed E-state index contributed by atoms with van der Waals surface area (Å²) in [7, 11) is 0. The van der Waals surface area contributed by atoms with Crippen molar-refractivity contribution in [3.8, 4) is 5.75 Å². The topological polar surface area (TPSA) is 44.7 Å². The van der Waals surface area contributed by atoms with Crippen LogP contribution >= 0.6 is 0 Å². The standard InChI is InChI=1S/C16H26N2O2/c1-2-18-10-6-7-14(18)11-17-12-15(19)13-20-16-8-4-3-5-9-16/h3-5,8-9,14-15,17,19H,2,6-7,10-13H2,1H3. The summed E-state index contributed by atoms with van der Waals surface area (Å²) in [4.78, 5) is 2.50. The summed E-state index contributed by atoms with van der Waals surface area (Å²) in [6.07, 6.45) is 2.09. The molecule has 1 aliphatic heterocycles. The van der Waals surface area contributed by atoms with Crippen LogP contribution in [0.2, 0.25) is 0 Å². The van der Waals surface area contributed by atoms with E-state index in [1.165, 1.54) is 19.4 Å². The molecule has 1 heterocycles. The van der Waals surface area contributed by atoms with Crippen LogP contribution in [-0.2, 0) is 0 Å². The average Bonchev–Trinajstić information content (AvgIpc) is 2.94. The van der Waals surface area contributed by atoms with Gasteiger partial charge in [-0.3, -0.25) is 4.90 Å². The maximum atomic E-state index is 9.91. The van der Waals surface area contributed by atoms with Crippen molar-refractivity contribution >= 4 is 0 Å². The number of nitrogens with zero attached hydrogens (tertiary/aromatic N) is 1. The molecule has 2 N–H and O–H groups in total. The van der Waals surface area contributed by atoms with E-state index in [1.807, 2.05) is 30.3 Å². The minimum Gasteiger partial charge on any atom is -0.491 e. The summed E-state index contributed by atoms with van der Waals surface area (Å²) in [5.41, 5.74) is 0. The number of para-hydroxylation sites is 1. The number of nitrogens with one attached hydrogen (secondary N) is 1. The fraction of sp³-hybridized carbons (Fsp3) is 0.625. The van der Waals surface area contributed by atoms with Crippen LogP contribution in [0.15, 0.2) is 30.3 Å². The van der Waals surface area contributed by atoms with Crippen LogP contribution in [0, 0.1) is 0 Å². The molecule has 1 saturated heterocycles. The molecule has 2 rings (SSSR count). The van der Waals surface area contributed by atoms with E-state index in [1.54, 1.807) is 0 Å². The smallest absolute Gasteiger partial charge is 0.119 e. The maximum absolute atomic E-state index is 9.91. The third-order valence-electron chi connectivity index (χ3n) is 3.85. The minimum atomic E-state index is -0.466. The number of hydrogen-bond acceptors (Lipinski definition) is 4. The lowest BCUT2D eigenvalue weighted by Crippen LogP contribution is -2.41. The first-order chi connectivity index (χ1) is 9.79. The zero-order valence-electron chi connectivity index (χ0n) is 12.3. The van der Waals surface area contributed by atoms with Crippen molar-refractivity contribution in [3.63, 3.8) is 0 Å². The Bertz CT molecular complexity index is 372. The van der Waals surface area contributed by atoms with Gasteiger partial charge in [-0.2, -0.15) is 0 Å². The molecule has 0 radical (unpaired) electrons. The molecule has 2 unspecified atom stereocenters. The Kier molecular flexibility index (Phi) is 6.30. The number of ether oxygens (including phenoxy) is 1. The number of hydrogen-bond donors (Lipinski definition) is 2. The average molecular weight is 278 g/mol. The molecular weight excluding hydrogens is 252 g/mol. The van der Waals surface area contributed by atoms with Crippen LogP contribution in [0.5, 0.6) is 5.75 Å². The molecule has 112 valence electrons. The summed E-state index contributed by atoms with van der Waals surface area (Å²) < 4.78 is 5.53. The monoisotopic (exact) mass is 278 g/mol. The van der Waals surface area contributed by atoms with Gasteiger partial charge in [0.2, 0.25) is 0 Å². The van der Waals surface area contributed by atoms with Crippen molar-refractivity contribution in [2.45, 2.75) is 31.9 Å². The molecule has 2 atom stereocenters. The molecule has 0 saturated carbocycles. The van der Waals surface area contributed by atoms with Gasteiger partial charge in [0.05, 0.1) is 0 Å². The Balaban J connectivity index is 1.59. The number of benzene rings is 1. The Morgan fingerprint density at radius 1 is 1.40 bits per heavy atom. The van der Waals surface area contributed by atoms with Gasteiger partial charge in [0, 0.05) is 19.1 Å². The molecule has 0 aromatic heterocycles. The van der Waals surface area contributed by atoms with Crippen LogP contribution in [0.3, 0.4) is 0 Å². The van der Waals surface area contributed by atoms with Crippen LogP contribution in [-0.4, -0.2) is 54.9 Å². The van der Waals surface area contributed by atoms with Crippen molar-refractivity contribution in [1.82, 2.24) is 10.2 Å². The quantitative estimate of drug-likeness (QED) is 0.756. The van der Waals surface area contributed by atoms with Crippen molar-refractivity contribution in [2.75, 3.05) is 32.8 Å². The molecule has 0 aliphatic carbocycles. The van der Waals surface area contributed by atoms with E-state index in [0.29, 0.717) is 19.2 Å². The normalized spacial score (nSPS) is 21.0. The lowest BCUT2D eigenvalue weighted by Gasteiger charge is -2.23.